The number of hydrogen-bond donors (Lipinski definition) is 13. The summed E-state index contributed by atoms with van der Waals surface area (Å²) in [6.07, 6.45) is -27.1. The lowest BCUT2D eigenvalue weighted by molar-refractivity contribution is -0.348. The molecule has 0 radical (unpaired) electrons. The SMILES string of the molecule is CC(=O)N[C@H]1[C@H]([C@H](O)[C@H](O)CO)O[C@@](OC[C@@H]2O[C@@H](O[C@H]([C@H](O)[C@@H](O)C=O)[C@H](O)CO)[C@H](O)[C@@H](O)[C@H]2O)(C(=O)O)C[C@@H]1O. The number of amides is 1. The van der Waals surface area contributed by atoms with Crippen LogP contribution < -0.4 is 5.32 Å². The van der Waals surface area contributed by atoms with Gasteiger partial charge >= 0.3 is 5.97 Å². The van der Waals surface area contributed by atoms with Crippen molar-refractivity contribution in [2.24, 2.45) is 0 Å². The van der Waals surface area contributed by atoms with Crippen LogP contribution in [0.1, 0.15) is 13.3 Å². The first-order valence-electron chi connectivity index (χ1n) is 13.0. The van der Waals surface area contributed by atoms with Gasteiger partial charge in [0.05, 0.1) is 32.0 Å². The molecule has 0 aliphatic carbocycles. The second kappa shape index (κ2) is 15.8. The predicted molar refractivity (Wildman–Crippen MR) is 131 cm³/mol. The summed E-state index contributed by atoms with van der Waals surface area (Å²) in [6.45, 7) is -2.09. The van der Waals surface area contributed by atoms with Crippen LogP contribution in [0.5, 0.6) is 0 Å². The highest BCUT2D eigenvalue weighted by molar-refractivity contribution is 5.76. The third-order valence-corrected chi connectivity index (χ3v) is 7.02. The Balaban J connectivity index is 2.33. The molecule has 20 nitrogen and oxygen atoms in total. The molecule has 1 amide bonds. The maximum atomic E-state index is 12.3. The van der Waals surface area contributed by atoms with Gasteiger partial charge in [-0.2, -0.15) is 0 Å². The molecule has 0 aromatic heterocycles. The summed E-state index contributed by atoms with van der Waals surface area (Å²) in [5, 5.41) is 123. The molecule has 0 aromatic rings. The van der Waals surface area contributed by atoms with Gasteiger partial charge in [-0.25, -0.2) is 4.79 Å². The third kappa shape index (κ3) is 8.59. The fourth-order valence-electron chi connectivity index (χ4n) is 4.59. The van der Waals surface area contributed by atoms with Crippen LogP contribution in [0.25, 0.3) is 0 Å². The van der Waals surface area contributed by atoms with E-state index in [1.807, 2.05) is 0 Å². The molecule has 2 heterocycles. The zero-order chi connectivity index (χ0) is 32.8. The zero-order valence-corrected chi connectivity index (χ0v) is 22.7. The molecule has 250 valence electrons. The molecule has 2 rings (SSSR count). The van der Waals surface area contributed by atoms with Gasteiger partial charge in [0.25, 0.3) is 5.79 Å². The number of carbonyl (C=O) groups excluding carboxylic acids is 2. The van der Waals surface area contributed by atoms with E-state index < -0.39 is 129 Å². The number of aliphatic hydroxyl groups is 11. The van der Waals surface area contributed by atoms with Gasteiger partial charge in [-0.1, -0.05) is 0 Å². The number of carboxylic acids is 1. The van der Waals surface area contributed by atoms with Gasteiger partial charge in [0.2, 0.25) is 5.91 Å². The van der Waals surface area contributed by atoms with Crippen molar-refractivity contribution in [2.75, 3.05) is 19.8 Å². The van der Waals surface area contributed by atoms with Gasteiger partial charge in [0, 0.05) is 13.3 Å². The third-order valence-electron chi connectivity index (χ3n) is 7.02. The average Bonchev–Trinajstić information content (AvgIpc) is 2.97. The molecular formula is C23H39NO19. The van der Waals surface area contributed by atoms with Crippen LogP contribution in [0.4, 0.5) is 0 Å². The van der Waals surface area contributed by atoms with Crippen LogP contribution >= 0.6 is 0 Å². The lowest BCUT2D eigenvalue weighted by atomic mass is 9.88. The Hall–Kier alpha value is -1.99. The summed E-state index contributed by atoms with van der Waals surface area (Å²) in [4.78, 5) is 34.9. The van der Waals surface area contributed by atoms with E-state index in [-0.39, 0.29) is 6.29 Å². The minimum Gasteiger partial charge on any atom is -0.477 e. The number of carboxylic acid groups (broad SMARTS) is 1. The number of nitrogens with one attached hydrogen (secondary N) is 1. The Morgan fingerprint density at radius 1 is 1.00 bits per heavy atom. The van der Waals surface area contributed by atoms with Gasteiger partial charge in [-0.05, 0) is 0 Å². The van der Waals surface area contributed by atoms with Gasteiger partial charge in [-0.15, -0.1) is 0 Å². The van der Waals surface area contributed by atoms with Crippen LogP contribution in [-0.4, -0.2) is 191 Å². The van der Waals surface area contributed by atoms with Crippen molar-refractivity contribution in [2.45, 2.75) is 105 Å². The largest absolute Gasteiger partial charge is 0.477 e. The molecule has 0 unspecified atom stereocenters. The maximum Gasteiger partial charge on any atom is 0.364 e. The number of hydrogen-bond acceptors (Lipinski definition) is 18. The number of ether oxygens (including phenoxy) is 4. The van der Waals surface area contributed by atoms with Crippen molar-refractivity contribution < 1.29 is 94.6 Å². The number of aliphatic carboxylic acids is 1. The molecule has 15 atom stereocenters. The van der Waals surface area contributed by atoms with Gasteiger partial charge in [0.1, 0.15) is 67.1 Å². The van der Waals surface area contributed by atoms with Crippen LogP contribution in [0.2, 0.25) is 0 Å². The van der Waals surface area contributed by atoms with E-state index >= 15 is 0 Å². The molecule has 13 N–H and O–H groups in total. The first-order valence-corrected chi connectivity index (χ1v) is 13.0. The highest BCUT2D eigenvalue weighted by Crippen LogP contribution is 2.35. The highest BCUT2D eigenvalue weighted by atomic mass is 16.7. The summed E-state index contributed by atoms with van der Waals surface area (Å²) in [5.41, 5.74) is 0. The molecule has 0 saturated carbocycles. The van der Waals surface area contributed by atoms with Crippen molar-refractivity contribution in [3.63, 3.8) is 0 Å². The maximum absolute atomic E-state index is 12.3. The van der Waals surface area contributed by atoms with E-state index in [0.717, 1.165) is 6.92 Å². The number of aliphatic hydroxyl groups excluding tert-OH is 11. The smallest absolute Gasteiger partial charge is 0.364 e. The molecule has 0 bridgehead atoms. The van der Waals surface area contributed by atoms with Gasteiger partial charge in [-0.3, -0.25) is 4.79 Å². The van der Waals surface area contributed by atoms with Crippen molar-refractivity contribution in [1.29, 1.82) is 0 Å². The van der Waals surface area contributed by atoms with Crippen LogP contribution in [-0.2, 0) is 33.3 Å². The van der Waals surface area contributed by atoms with Crippen molar-refractivity contribution >= 4 is 18.2 Å². The second-order valence-electron chi connectivity index (χ2n) is 10.2. The van der Waals surface area contributed by atoms with E-state index in [1.165, 1.54) is 0 Å². The topological polar surface area (TPSA) is 343 Å². The van der Waals surface area contributed by atoms with E-state index in [1.54, 1.807) is 0 Å². The number of carbonyl (C=O) groups is 3. The summed E-state index contributed by atoms with van der Waals surface area (Å²) in [7, 11) is 0. The highest BCUT2D eigenvalue weighted by Gasteiger charge is 2.57. The Morgan fingerprint density at radius 2 is 1.60 bits per heavy atom. The minimum absolute atomic E-state index is 0.122. The van der Waals surface area contributed by atoms with Crippen LogP contribution in [0, 0.1) is 0 Å². The average molecular weight is 634 g/mol. The molecule has 2 aliphatic rings. The van der Waals surface area contributed by atoms with Crippen molar-refractivity contribution in [1.82, 2.24) is 5.32 Å². The predicted octanol–water partition coefficient (Wildman–Crippen LogP) is -8.38. The fourth-order valence-corrected chi connectivity index (χ4v) is 4.59. The quantitative estimate of drug-likeness (QED) is 0.0744. The van der Waals surface area contributed by atoms with Crippen molar-refractivity contribution in [3.8, 4) is 0 Å². The first kappa shape index (κ1) is 37.2. The number of rotatable bonds is 15. The first-order chi connectivity index (χ1) is 20.0. The molecular weight excluding hydrogens is 594 g/mol. The molecule has 20 heteroatoms. The standard InChI is InChI=1S/C23H39NO19/c1-7(28)24-13-8(29)2-23(22(38)39,43-20(13)15(34)10(31)4-26)40-6-12-16(35)17(36)18(37)21(41-12)42-19(11(32)5-27)14(33)9(30)3-25/h3,8-21,26-27,29-37H,2,4-6H2,1H3,(H,24,28)(H,38,39)/t8-,9-,10+,11+,12-,13+,14+,15+,16-,17-,18+,19-,20+,21-,23+/m0/s1. The Bertz CT molecular complexity index is 927. The summed E-state index contributed by atoms with van der Waals surface area (Å²) in [6, 6.07) is -1.50. The second-order valence-corrected chi connectivity index (χ2v) is 10.2. The van der Waals surface area contributed by atoms with Gasteiger partial charge < -0.3 is 90.3 Å². The van der Waals surface area contributed by atoms with Crippen LogP contribution in [0.3, 0.4) is 0 Å². The number of aldehydes is 1. The lowest BCUT2D eigenvalue weighted by Gasteiger charge is -2.47. The van der Waals surface area contributed by atoms with E-state index in [0.29, 0.717) is 0 Å². The molecule has 0 aromatic carbocycles. The van der Waals surface area contributed by atoms with Crippen molar-refractivity contribution in [3.05, 3.63) is 0 Å². The fraction of sp³-hybridized carbons (Fsp3) is 0.870. The molecule has 2 aliphatic heterocycles. The van der Waals surface area contributed by atoms with E-state index in [2.05, 4.69) is 5.32 Å². The van der Waals surface area contributed by atoms with Gasteiger partial charge in [0.15, 0.2) is 12.6 Å². The van der Waals surface area contributed by atoms with E-state index in [9.17, 15) is 75.7 Å². The summed E-state index contributed by atoms with van der Waals surface area (Å²) < 4.78 is 21.4. The minimum atomic E-state index is -2.87. The molecule has 2 fully saturated rings. The molecule has 43 heavy (non-hydrogen) atoms. The summed E-state index contributed by atoms with van der Waals surface area (Å²) in [5.74, 6) is -5.51. The Labute approximate surface area is 243 Å². The zero-order valence-electron chi connectivity index (χ0n) is 22.7. The lowest BCUT2D eigenvalue weighted by Crippen LogP contribution is -2.68. The molecule has 2 saturated heterocycles. The normalized spacial score (nSPS) is 37.4. The monoisotopic (exact) mass is 633 g/mol. The summed E-state index contributed by atoms with van der Waals surface area (Å²) >= 11 is 0. The molecule has 0 spiro atoms. The Morgan fingerprint density at radius 3 is 2.12 bits per heavy atom. The van der Waals surface area contributed by atoms with E-state index in [4.69, 9.17) is 18.9 Å². The van der Waals surface area contributed by atoms with Crippen LogP contribution in [0.15, 0.2) is 0 Å². The Kier molecular flexibility index (Phi) is 13.7.